The van der Waals surface area contributed by atoms with Gasteiger partial charge in [0.15, 0.2) is 6.61 Å². The summed E-state index contributed by atoms with van der Waals surface area (Å²) in [7, 11) is -3.80. The minimum absolute atomic E-state index is 0.00791. The molecule has 0 aromatic heterocycles. The van der Waals surface area contributed by atoms with E-state index in [0.29, 0.717) is 18.8 Å². The molecule has 0 radical (unpaired) electrons. The second-order valence-electron chi connectivity index (χ2n) is 7.60. The number of halogens is 1. The number of nitrogens with one attached hydrogen (secondary N) is 1. The van der Waals surface area contributed by atoms with Crippen molar-refractivity contribution in [3.8, 4) is 0 Å². The molecule has 0 aliphatic carbocycles. The van der Waals surface area contributed by atoms with Crippen LogP contribution in [-0.2, 0) is 19.6 Å². The van der Waals surface area contributed by atoms with E-state index in [2.05, 4.69) is 24.1 Å². The fourth-order valence-corrected chi connectivity index (χ4v) is 5.67. The number of ether oxygens (including phenoxy) is 1. The van der Waals surface area contributed by atoms with Gasteiger partial charge in [-0.05, 0) is 69.2 Å². The highest BCUT2D eigenvalue weighted by Gasteiger charge is 2.30. The third kappa shape index (κ3) is 6.04. The average molecular weight is 494 g/mol. The van der Waals surface area contributed by atoms with E-state index in [-0.39, 0.29) is 15.5 Å². The Kier molecular flexibility index (Phi) is 8.34. The number of rotatable bonds is 9. The highest BCUT2D eigenvalue weighted by atomic mass is 35.5. The van der Waals surface area contributed by atoms with Crippen molar-refractivity contribution in [2.24, 2.45) is 0 Å². The van der Waals surface area contributed by atoms with Crippen molar-refractivity contribution in [2.75, 3.05) is 43.0 Å². The molecule has 8 nitrogen and oxygen atoms in total. The lowest BCUT2D eigenvalue weighted by Gasteiger charge is -2.21. The average Bonchev–Trinajstić information content (AvgIpc) is 3.35. The first-order chi connectivity index (χ1) is 15.8. The van der Waals surface area contributed by atoms with Gasteiger partial charge in [0.25, 0.3) is 5.91 Å². The van der Waals surface area contributed by atoms with Crippen molar-refractivity contribution in [3.05, 3.63) is 53.1 Å². The van der Waals surface area contributed by atoms with Crippen LogP contribution in [0, 0.1) is 0 Å². The van der Waals surface area contributed by atoms with Crippen molar-refractivity contribution < 1.29 is 22.7 Å². The molecular formula is C23H28ClN3O5S. The molecule has 0 saturated carbocycles. The van der Waals surface area contributed by atoms with Crippen LogP contribution >= 0.6 is 11.6 Å². The maximum Gasteiger partial charge on any atom is 0.338 e. The highest BCUT2D eigenvalue weighted by Crippen LogP contribution is 2.28. The zero-order chi connectivity index (χ0) is 24.0. The molecule has 0 bridgehead atoms. The Morgan fingerprint density at radius 3 is 2.30 bits per heavy atom. The summed E-state index contributed by atoms with van der Waals surface area (Å²) < 4.78 is 32.1. The largest absolute Gasteiger partial charge is 0.452 e. The highest BCUT2D eigenvalue weighted by molar-refractivity contribution is 7.89. The van der Waals surface area contributed by atoms with E-state index in [0.717, 1.165) is 31.6 Å². The molecule has 0 spiro atoms. The Bertz CT molecular complexity index is 1100. The molecule has 1 aliphatic heterocycles. The summed E-state index contributed by atoms with van der Waals surface area (Å²) in [6.45, 7) is 6.23. The molecule has 1 heterocycles. The topological polar surface area (TPSA) is 96.0 Å². The second-order valence-corrected chi connectivity index (χ2v) is 9.91. The molecule has 1 aliphatic rings. The fraction of sp³-hybridized carbons (Fsp3) is 0.391. The molecule has 2 aromatic carbocycles. The van der Waals surface area contributed by atoms with E-state index in [1.54, 1.807) is 12.1 Å². The SMILES string of the molecule is CCN(CC)c1ccc(NC(=O)COC(=O)c2ccc(Cl)c(S(=O)(=O)N3CCCC3)c2)cc1. The van der Waals surface area contributed by atoms with Gasteiger partial charge >= 0.3 is 5.97 Å². The standard InChI is InChI=1S/C23H28ClN3O5S/c1-3-26(4-2)19-10-8-18(9-11-19)25-22(28)16-32-23(29)17-7-12-20(24)21(15-17)33(30,31)27-13-5-6-14-27/h7-12,15H,3-6,13-14,16H2,1-2H3,(H,25,28). The second kappa shape index (κ2) is 11.0. The normalized spacial score (nSPS) is 14.2. The quantitative estimate of drug-likeness (QED) is 0.534. The van der Waals surface area contributed by atoms with E-state index in [9.17, 15) is 18.0 Å². The number of nitrogens with zero attached hydrogens (tertiary/aromatic N) is 2. The summed E-state index contributed by atoms with van der Waals surface area (Å²) in [5, 5.41) is 2.71. The smallest absolute Gasteiger partial charge is 0.338 e. The van der Waals surface area contributed by atoms with Crippen molar-refractivity contribution in [3.63, 3.8) is 0 Å². The lowest BCUT2D eigenvalue weighted by Crippen LogP contribution is -2.28. The van der Waals surface area contributed by atoms with Gasteiger partial charge in [-0.2, -0.15) is 4.31 Å². The van der Waals surface area contributed by atoms with Gasteiger partial charge in [-0.3, -0.25) is 4.79 Å². The van der Waals surface area contributed by atoms with Gasteiger partial charge in [-0.25, -0.2) is 13.2 Å². The third-order valence-corrected chi connectivity index (χ3v) is 7.84. The van der Waals surface area contributed by atoms with Crippen molar-refractivity contribution in [1.82, 2.24) is 4.31 Å². The number of sulfonamides is 1. The molecule has 1 saturated heterocycles. The molecule has 33 heavy (non-hydrogen) atoms. The van der Waals surface area contributed by atoms with E-state index < -0.39 is 28.5 Å². The third-order valence-electron chi connectivity index (χ3n) is 5.46. The van der Waals surface area contributed by atoms with Gasteiger partial charge in [0.1, 0.15) is 4.90 Å². The van der Waals surface area contributed by atoms with Crippen LogP contribution in [0.5, 0.6) is 0 Å². The van der Waals surface area contributed by atoms with Crippen molar-refractivity contribution >= 4 is 44.9 Å². The number of amides is 1. The van der Waals surface area contributed by atoms with Crippen LogP contribution in [0.25, 0.3) is 0 Å². The number of benzene rings is 2. The molecule has 1 fully saturated rings. The first kappa shape index (κ1) is 25.0. The lowest BCUT2D eigenvalue weighted by atomic mass is 10.2. The predicted octanol–water partition coefficient (Wildman–Crippen LogP) is 3.77. The summed E-state index contributed by atoms with van der Waals surface area (Å²) in [4.78, 5) is 26.7. The van der Waals surface area contributed by atoms with Gasteiger partial charge in [-0.1, -0.05) is 11.6 Å². The molecule has 0 atom stereocenters. The number of carbonyl (C=O) groups excluding carboxylic acids is 2. The van der Waals surface area contributed by atoms with Crippen LogP contribution in [0.15, 0.2) is 47.4 Å². The lowest BCUT2D eigenvalue weighted by molar-refractivity contribution is -0.119. The Labute approximate surface area is 199 Å². The molecule has 10 heteroatoms. The van der Waals surface area contributed by atoms with Crippen LogP contribution in [0.3, 0.4) is 0 Å². The number of hydrogen-bond acceptors (Lipinski definition) is 6. The van der Waals surface area contributed by atoms with Gasteiger partial charge in [0, 0.05) is 37.6 Å². The number of carbonyl (C=O) groups is 2. The summed E-state index contributed by atoms with van der Waals surface area (Å²) in [6.07, 6.45) is 1.57. The molecule has 0 unspecified atom stereocenters. The molecule has 2 aromatic rings. The molecule has 1 N–H and O–H groups in total. The predicted molar refractivity (Wildman–Crippen MR) is 128 cm³/mol. The van der Waals surface area contributed by atoms with E-state index >= 15 is 0 Å². The monoisotopic (exact) mass is 493 g/mol. The Balaban J connectivity index is 1.61. The van der Waals surface area contributed by atoms with Gasteiger partial charge in [0.05, 0.1) is 10.6 Å². The molecular weight excluding hydrogens is 466 g/mol. The first-order valence-corrected chi connectivity index (χ1v) is 12.7. The van der Waals surface area contributed by atoms with Crippen LogP contribution < -0.4 is 10.2 Å². The fourth-order valence-electron chi connectivity index (χ4n) is 3.65. The number of esters is 1. The molecule has 1 amide bonds. The van der Waals surface area contributed by atoms with Gasteiger partial charge < -0.3 is 15.0 Å². The maximum atomic E-state index is 12.8. The minimum atomic E-state index is -3.80. The van der Waals surface area contributed by atoms with Crippen LogP contribution in [-0.4, -0.2) is 57.4 Å². The number of hydrogen-bond donors (Lipinski definition) is 1. The summed E-state index contributed by atoms with van der Waals surface area (Å²) in [6, 6.07) is 11.3. The van der Waals surface area contributed by atoms with Crippen LogP contribution in [0.4, 0.5) is 11.4 Å². The van der Waals surface area contributed by atoms with Gasteiger partial charge in [-0.15, -0.1) is 0 Å². The van der Waals surface area contributed by atoms with Crippen molar-refractivity contribution in [2.45, 2.75) is 31.6 Å². The maximum absolute atomic E-state index is 12.8. The molecule has 3 rings (SSSR count). The first-order valence-electron chi connectivity index (χ1n) is 10.9. The van der Waals surface area contributed by atoms with E-state index in [4.69, 9.17) is 16.3 Å². The summed E-state index contributed by atoms with van der Waals surface area (Å²) >= 11 is 6.11. The summed E-state index contributed by atoms with van der Waals surface area (Å²) in [5.41, 5.74) is 1.64. The zero-order valence-electron chi connectivity index (χ0n) is 18.7. The zero-order valence-corrected chi connectivity index (χ0v) is 20.3. The minimum Gasteiger partial charge on any atom is -0.452 e. The number of anilines is 2. The Morgan fingerprint density at radius 1 is 1.06 bits per heavy atom. The van der Waals surface area contributed by atoms with E-state index in [1.807, 2.05) is 12.1 Å². The van der Waals surface area contributed by atoms with Crippen LogP contribution in [0.2, 0.25) is 5.02 Å². The summed E-state index contributed by atoms with van der Waals surface area (Å²) in [5.74, 6) is -1.31. The Hall–Kier alpha value is -2.62. The molecule has 178 valence electrons. The van der Waals surface area contributed by atoms with E-state index in [1.165, 1.54) is 22.5 Å². The Morgan fingerprint density at radius 2 is 1.70 bits per heavy atom. The van der Waals surface area contributed by atoms with Crippen molar-refractivity contribution in [1.29, 1.82) is 0 Å². The van der Waals surface area contributed by atoms with Gasteiger partial charge in [0.2, 0.25) is 10.0 Å². The van der Waals surface area contributed by atoms with Crippen LogP contribution in [0.1, 0.15) is 37.0 Å².